The van der Waals surface area contributed by atoms with Gasteiger partial charge in [0.25, 0.3) is 0 Å². The van der Waals surface area contributed by atoms with E-state index in [1.807, 2.05) is 0 Å². The molecule has 0 unspecified atom stereocenters. The summed E-state index contributed by atoms with van der Waals surface area (Å²) in [6.07, 6.45) is 3.21. The van der Waals surface area contributed by atoms with Crippen molar-refractivity contribution in [3.8, 4) is 5.75 Å². The van der Waals surface area contributed by atoms with Crippen molar-refractivity contribution in [1.29, 1.82) is 0 Å². The molecule has 0 atom stereocenters. The number of rotatable bonds is 7. The van der Waals surface area contributed by atoms with Gasteiger partial charge in [-0.3, -0.25) is 4.99 Å². The number of phenolic OH excluding ortho intramolecular Hbond substituents is 1. The molecule has 0 aromatic heterocycles. The number of guanidine groups is 1. The van der Waals surface area contributed by atoms with Gasteiger partial charge in [0.2, 0.25) is 0 Å². The first-order valence-electron chi connectivity index (χ1n) is 8.78. The second-order valence-corrected chi connectivity index (χ2v) is 6.32. The van der Waals surface area contributed by atoms with E-state index in [4.69, 9.17) is 4.74 Å². The predicted molar refractivity (Wildman–Crippen MR) is 113 cm³/mol. The van der Waals surface area contributed by atoms with Crippen molar-refractivity contribution in [2.75, 3.05) is 40.4 Å². The molecular weight excluding hydrogens is 450 g/mol. The molecule has 0 radical (unpaired) electrons. The van der Waals surface area contributed by atoms with Crippen LogP contribution in [-0.4, -0.2) is 62.4 Å². The summed E-state index contributed by atoms with van der Waals surface area (Å²) in [5, 5.41) is 15.9. The average molecular weight is 480 g/mol. The van der Waals surface area contributed by atoms with E-state index in [1.165, 1.54) is 12.1 Å². The van der Waals surface area contributed by atoms with Crippen LogP contribution in [0.15, 0.2) is 23.2 Å². The van der Waals surface area contributed by atoms with Gasteiger partial charge in [0, 0.05) is 53.0 Å². The maximum atomic E-state index is 13.4. The van der Waals surface area contributed by atoms with Gasteiger partial charge in [0.1, 0.15) is 0 Å². The highest BCUT2D eigenvalue weighted by Crippen LogP contribution is 2.16. The molecule has 1 fully saturated rings. The number of methoxy groups -OCH3 is 1. The fraction of sp³-hybridized carbons (Fsp3) is 0.611. The van der Waals surface area contributed by atoms with Gasteiger partial charge in [-0.2, -0.15) is 0 Å². The summed E-state index contributed by atoms with van der Waals surface area (Å²) >= 11 is 0. The molecule has 0 bridgehead atoms. The van der Waals surface area contributed by atoms with Gasteiger partial charge in [-0.25, -0.2) is 4.39 Å². The number of likely N-dealkylation sites (tertiary alicyclic amines) is 1. The lowest BCUT2D eigenvalue weighted by Gasteiger charge is -2.33. The van der Waals surface area contributed by atoms with E-state index < -0.39 is 5.82 Å². The van der Waals surface area contributed by atoms with E-state index in [0.29, 0.717) is 18.5 Å². The Kier molecular flexibility index (Phi) is 10.8. The summed E-state index contributed by atoms with van der Waals surface area (Å²) < 4.78 is 18.5. The van der Waals surface area contributed by atoms with Crippen LogP contribution in [0.3, 0.4) is 0 Å². The number of hydrogen-bond acceptors (Lipinski definition) is 4. The van der Waals surface area contributed by atoms with Crippen LogP contribution in [-0.2, 0) is 11.3 Å². The number of ether oxygens (including phenoxy) is 1. The van der Waals surface area contributed by atoms with E-state index >= 15 is 0 Å². The van der Waals surface area contributed by atoms with E-state index in [1.54, 1.807) is 20.2 Å². The Labute approximate surface area is 172 Å². The lowest BCUT2D eigenvalue weighted by molar-refractivity contribution is 0.155. The number of benzene rings is 1. The van der Waals surface area contributed by atoms with E-state index in [0.717, 1.165) is 51.1 Å². The Morgan fingerprint density at radius 3 is 2.73 bits per heavy atom. The Morgan fingerprint density at radius 2 is 2.12 bits per heavy atom. The van der Waals surface area contributed by atoms with Crippen LogP contribution in [0.25, 0.3) is 0 Å². The summed E-state index contributed by atoms with van der Waals surface area (Å²) in [6.45, 7) is 4.49. The standard InChI is InChI=1S/C18H29FN4O2.HI/c1-20-18(21-13-14-4-5-17(24)16(19)12-14)22-15-6-9-23(10-7-15)8-3-11-25-2;/h4-5,12,15,24H,3,6-11,13H2,1-2H3,(H2,20,21,22);1H. The Bertz CT molecular complexity index is 566. The monoisotopic (exact) mass is 480 g/mol. The van der Waals surface area contributed by atoms with Crippen molar-refractivity contribution >= 4 is 29.9 Å². The summed E-state index contributed by atoms with van der Waals surface area (Å²) in [6, 6.07) is 4.77. The van der Waals surface area contributed by atoms with Crippen LogP contribution in [0, 0.1) is 5.82 Å². The van der Waals surface area contributed by atoms with Crippen LogP contribution in [0.2, 0.25) is 0 Å². The molecule has 1 aliphatic heterocycles. The molecule has 26 heavy (non-hydrogen) atoms. The maximum Gasteiger partial charge on any atom is 0.191 e. The fourth-order valence-corrected chi connectivity index (χ4v) is 2.97. The van der Waals surface area contributed by atoms with Crippen molar-refractivity contribution in [2.24, 2.45) is 4.99 Å². The molecule has 1 aliphatic rings. The molecule has 1 heterocycles. The van der Waals surface area contributed by atoms with E-state index in [2.05, 4.69) is 20.5 Å². The van der Waals surface area contributed by atoms with Crippen molar-refractivity contribution in [1.82, 2.24) is 15.5 Å². The molecule has 148 valence electrons. The molecule has 2 rings (SSSR count). The van der Waals surface area contributed by atoms with Gasteiger partial charge < -0.3 is 25.4 Å². The molecule has 0 saturated carbocycles. The summed E-state index contributed by atoms with van der Waals surface area (Å²) in [5.74, 6) is -0.224. The molecule has 6 nitrogen and oxygen atoms in total. The quantitative estimate of drug-likeness (QED) is 0.242. The average Bonchev–Trinajstić information content (AvgIpc) is 2.63. The number of aromatic hydroxyl groups is 1. The van der Waals surface area contributed by atoms with Gasteiger partial charge in [-0.1, -0.05) is 6.07 Å². The highest BCUT2D eigenvalue weighted by atomic mass is 127. The number of halogens is 2. The summed E-state index contributed by atoms with van der Waals surface area (Å²) in [5.41, 5.74) is 0.756. The third kappa shape index (κ3) is 7.63. The second-order valence-electron chi connectivity index (χ2n) is 6.32. The number of aliphatic imine (C=N–C) groups is 1. The molecule has 8 heteroatoms. The zero-order valence-corrected chi connectivity index (χ0v) is 17.8. The number of nitrogens with one attached hydrogen (secondary N) is 2. The Hall–Kier alpha value is -1.13. The van der Waals surface area contributed by atoms with Crippen molar-refractivity contribution < 1.29 is 14.2 Å². The molecule has 0 aliphatic carbocycles. The van der Waals surface area contributed by atoms with Gasteiger partial charge in [-0.05, 0) is 37.0 Å². The lowest BCUT2D eigenvalue weighted by Crippen LogP contribution is -2.48. The minimum absolute atomic E-state index is 0. The SMILES string of the molecule is CN=C(NCc1ccc(O)c(F)c1)NC1CCN(CCCOC)CC1.I. The number of hydrogen-bond donors (Lipinski definition) is 3. The normalized spacial score (nSPS) is 16.2. The lowest BCUT2D eigenvalue weighted by atomic mass is 10.1. The minimum atomic E-state index is -0.608. The van der Waals surface area contributed by atoms with Crippen LogP contribution in [0.5, 0.6) is 5.75 Å². The van der Waals surface area contributed by atoms with Gasteiger partial charge in [0.15, 0.2) is 17.5 Å². The van der Waals surface area contributed by atoms with Crippen LogP contribution >= 0.6 is 24.0 Å². The predicted octanol–water partition coefficient (Wildman–Crippen LogP) is 2.32. The smallest absolute Gasteiger partial charge is 0.191 e. The van der Waals surface area contributed by atoms with Crippen LogP contribution in [0.1, 0.15) is 24.8 Å². The number of nitrogens with zero attached hydrogens (tertiary/aromatic N) is 2. The summed E-state index contributed by atoms with van der Waals surface area (Å²) in [4.78, 5) is 6.70. The zero-order chi connectivity index (χ0) is 18.1. The third-order valence-corrected chi connectivity index (χ3v) is 4.45. The summed E-state index contributed by atoms with van der Waals surface area (Å²) in [7, 11) is 3.47. The molecule has 1 saturated heterocycles. The fourth-order valence-electron chi connectivity index (χ4n) is 2.97. The van der Waals surface area contributed by atoms with Crippen LogP contribution < -0.4 is 10.6 Å². The zero-order valence-electron chi connectivity index (χ0n) is 15.5. The highest BCUT2D eigenvalue weighted by molar-refractivity contribution is 14.0. The molecule has 0 spiro atoms. The first-order chi connectivity index (χ1) is 12.1. The molecule has 1 aromatic rings. The topological polar surface area (TPSA) is 69.1 Å². The Morgan fingerprint density at radius 1 is 1.38 bits per heavy atom. The molecule has 0 amide bonds. The second kappa shape index (κ2) is 12.3. The van der Waals surface area contributed by atoms with E-state index in [9.17, 15) is 9.50 Å². The Balaban J connectivity index is 0.00000338. The molecular formula is C18H30FIN4O2. The van der Waals surface area contributed by atoms with Crippen molar-refractivity contribution in [3.05, 3.63) is 29.6 Å². The van der Waals surface area contributed by atoms with E-state index in [-0.39, 0.29) is 29.7 Å². The number of piperidine rings is 1. The number of phenols is 1. The molecule has 3 N–H and O–H groups in total. The maximum absolute atomic E-state index is 13.4. The van der Waals surface area contributed by atoms with Crippen LogP contribution in [0.4, 0.5) is 4.39 Å². The minimum Gasteiger partial charge on any atom is -0.505 e. The van der Waals surface area contributed by atoms with Gasteiger partial charge in [-0.15, -0.1) is 24.0 Å². The molecule has 1 aromatic carbocycles. The first-order valence-corrected chi connectivity index (χ1v) is 8.78. The van der Waals surface area contributed by atoms with Gasteiger partial charge >= 0.3 is 0 Å². The van der Waals surface area contributed by atoms with Crippen molar-refractivity contribution in [2.45, 2.75) is 31.8 Å². The highest BCUT2D eigenvalue weighted by Gasteiger charge is 2.19. The largest absolute Gasteiger partial charge is 0.505 e. The van der Waals surface area contributed by atoms with Crippen molar-refractivity contribution in [3.63, 3.8) is 0 Å². The van der Waals surface area contributed by atoms with Gasteiger partial charge in [0.05, 0.1) is 0 Å². The third-order valence-electron chi connectivity index (χ3n) is 4.45. The first kappa shape index (κ1) is 22.9.